The molecule has 0 aromatic heterocycles. The summed E-state index contributed by atoms with van der Waals surface area (Å²) < 4.78 is 0. The Kier molecular flexibility index (Phi) is 4.98. The number of likely N-dealkylation sites (N-methyl/N-ethyl adjacent to an activating group) is 1. The average Bonchev–Trinajstić information content (AvgIpc) is 3.27. The molecule has 2 fully saturated rings. The maximum Gasteiger partial charge on any atom is 0.320 e. The molecule has 3 aliphatic rings. The Labute approximate surface area is 164 Å². The predicted octanol–water partition coefficient (Wildman–Crippen LogP) is 2.28. The fourth-order valence-electron chi connectivity index (χ4n) is 3.72. The summed E-state index contributed by atoms with van der Waals surface area (Å²) in [7, 11) is 2.09. The van der Waals surface area contributed by atoms with E-state index in [4.69, 9.17) is 16.4 Å². The van der Waals surface area contributed by atoms with Crippen LogP contribution < -0.4 is 0 Å². The zero-order chi connectivity index (χ0) is 18.9. The van der Waals surface area contributed by atoms with Crippen molar-refractivity contribution in [2.24, 2.45) is 5.16 Å². The van der Waals surface area contributed by atoms with Crippen LogP contribution in [0.15, 0.2) is 29.4 Å². The number of nitrogens with zero attached hydrogens (tertiary/aromatic N) is 4. The van der Waals surface area contributed by atoms with E-state index in [9.17, 15) is 4.79 Å². The first-order chi connectivity index (χ1) is 13.0. The molecule has 0 N–H and O–H groups in total. The van der Waals surface area contributed by atoms with Crippen molar-refractivity contribution in [2.75, 3.05) is 46.3 Å². The van der Waals surface area contributed by atoms with Crippen molar-refractivity contribution < 1.29 is 9.63 Å². The van der Waals surface area contributed by atoms with Crippen LogP contribution >= 0.6 is 11.6 Å². The molecule has 1 spiro atoms. The second-order valence-electron chi connectivity index (χ2n) is 7.49. The number of piperazine rings is 1. The van der Waals surface area contributed by atoms with Gasteiger partial charge < -0.3 is 19.5 Å². The van der Waals surface area contributed by atoms with E-state index in [-0.39, 0.29) is 6.03 Å². The van der Waals surface area contributed by atoms with Crippen molar-refractivity contribution in [1.29, 1.82) is 0 Å². The van der Waals surface area contributed by atoms with E-state index >= 15 is 0 Å². The van der Waals surface area contributed by atoms with Gasteiger partial charge in [-0.15, -0.1) is 0 Å². The van der Waals surface area contributed by atoms with Crippen LogP contribution in [-0.4, -0.2) is 78.4 Å². The number of benzene rings is 1. The summed E-state index contributed by atoms with van der Waals surface area (Å²) in [4.78, 5) is 24.6. The predicted molar refractivity (Wildman–Crippen MR) is 105 cm³/mol. The molecule has 0 saturated carbocycles. The van der Waals surface area contributed by atoms with Gasteiger partial charge in [0.2, 0.25) is 0 Å². The molecule has 1 aromatic rings. The van der Waals surface area contributed by atoms with Gasteiger partial charge in [0, 0.05) is 56.2 Å². The summed E-state index contributed by atoms with van der Waals surface area (Å²) in [5.41, 5.74) is 1.16. The van der Waals surface area contributed by atoms with Crippen LogP contribution in [0.25, 0.3) is 0 Å². The van der Waals surface area contributed by atoms with Crippen molar-refractivity contribution in [3.05, 3.63) is 34.9 Å². The minimum atomic E-state index is -0.416. The monoisotopic (exact) mass is 386 g/mol. The molecule has 142 valence electrons. The lowest BCUT2D eigenvalue weighted by molar-refractivity contribution is -0.00883. The molecular formula is C20H23ClN4O2. The molecular weight excluding hydrogens is 364 g/mol. The molecule has 1 unspecified atom stereocenters. The molecule has 0 aliphatic carbocycles. The van der Waals surface area contributed by atoms with Gasteiger partial charge in [0.05, 0.1) is 6.54 Å². The van der Waals surface area contributed by atoms with Gasteiger partial charge in [-0.05, 0) is 31.2 Å². The van der Waals surface area contributed by atoms with Crippen molar-refractivity contribution in [3.63, 3.8) is 0 Å². The van der Waals surface area contributed by atoms with Crippen LogP contribution in [-0.2, 0) is 4.84 Å². The third-order valence-corrected chi connectivity index (χ3v) is 5.61. The summed E-state index contributed by atoms with van der Waals surface area (Å²) in [5.74, 6) is 6.17. The number of rotatable bonds is 0. The Morgan fingerprint density at radius 1 is 1.19 bits per heavy atom. The van der Waals surface area contributed by atoms with Gasteiger partial charge in [0.25, 0.3) is 0 Å². The average molecular weight is 387 g/mol. The molecule has 27 heavy (non-hydrogen) atoms. The quantitative estimate of drug-likeness (QED) is 0.643. The number of hydrogen-bond donors (Lipinski definition) is 0. The van der Waals surface area contributed by atoms with Crippen LogP contribution in [0.3, 0.4) is 0 Å². The van der Waals surface area contributed by atoms with Crippen molar-refractivity contribution in [3.8, 4) is 11.8 Å². The van der Waals surface area contributed by atoms with Gasteiger partial charge in [-0.2, -0.15) is 0 Å². The van der Waals surface area contributed by atoms with E-state index in [1.54, 1.807) is 0 Å². The molecule has 4 rings (SSSR count). The SMILES string of the molecule is CN1CCN(C(=O)N2CCC3(CC(C#Cc4cccc(Cl)c4)=NO3)C2)CC1. The zero-order valence-corrected chi connectivity index (χ0v) is 16.2. The number of carbonyl (C=O) groups is 1. The Bertz CT molecular complexity index is 823. The Morgan fingerprint density at radius 3 is 2.78 bits per heavy atom. The van der Waals surface area contributed by atoms with Crippen LogP contribution in [0, 0.1) is 11.8 Å². The molecule has 2 amide bonds. The lowest BCUT2D eigenvalue weighted by Crippen LogP contribution is -2.52. The van der Waals surface area contributed by atoms with Gasteiger partial charge >= 0.3 is 6.03 Å². The highest BCUT2D eigenvalue weighted by Gasteiger charge is 2.47. The van der Waals surface area contributed by atoms with Crippen molar-refractivity contribution in [1.82, 2.24) is 14.7 Å². The molecule has 1 atom stereocenters. The van der Waals surface area contributed by atoms with Gasteiger partial charge in [0.1, 0.15) is 5.71 Å². The first-order valence-electron chi connectivity index (χ1n) is 9.28. The minimum Gasteiger partial charge on any atom is -0.386 e. The molecule has 0 radical (unpaired) electrons. The van der Waals surface area contributed by atoms with Gasteiger partial charge in [-0.1, -0.05) is 28.7 Å². The highest BCUT2D eigenvalue weighted by atomic mass is 35.5. The highest BCUT2D eigenvalue weighted by Crippen LogP contribution is 2.34. The minimum absolute atomic E-state index is 0.113. The van der Waals surface area contributed by atoms with Crippen LogP contribution in [0.5, 0.6) is 0 Å². The van der Waals surface area contributed by atoms with Crippen molar-refractivity contribution >= 4 is 23.3 Å². The normalized spacial score (nSPS) is 25.2. The lowest BCUT2D eigenvalue weighted by Gasteiger charge is -2.35. The number of oxime groups is 1. The number of hydrogen-bond acceptors (Lipinski definition) is 4. The smallest absolute Gasteiger partial charge is 0.320 e. The summed E-state index contributed by atoms with van der Waals surface area (Å²) >= 11 is 5.99. The largest absolute Gasteiger partial charge is 0.386 e. The molecule has 3 aliphatic heterocycles. The van der Waals surface area contributed by atoms with E-state index < -0.39 is 5.60 Å². The van der Waals surface area contributed by atoms with Crippen LogP contribution in [0.4, 0.5) is 4.79 Å². The number of carbonyl (C=O) groups excluding carboxylic acids is 1. The molecule has 6 nitrogen and oxygen atoms in total. The fourth-order valence-corrected chi connectivity index (χ4v) is 3.91. The van der Waals surface area contributed by atoms with Crippen LogP contribution in [0.2, 0.25) is 5.02 Å². The Morgan fingerprint density at radius 2 is 2.00 bits per heavy atom. The summed E-state index contributed by atoms with van der Waals surface area (Å²) in [6, 6.07) is 7.55. The van der Waals surface area contributed by atoms with Gasteiger partial charge in [-0.25, -0.2) is 4.79 Å². The van der Waals surface area contributed by atoms with E-state index in [1.165, 1.54) is 0 Å². The van der Waals surface area contributed by atoms with E-state index in [2.05, 4.69) is 28.9 Å². The second kappa shape index (κ2) is 7.41. The number of likely N-dealkylation sites (tertiary alicyclic amines) is 1. The molecule has 1 aromatic carbocycles. The lowest BCUT2D eigenvalue weighted by atomic mass is 9.96. The molecule has 2 saturated heterocycles. The third-order valence-electron chi connectivity index (χ3n) is 5.38. The zero-order valence-electron chi connectivity index (χ0n) is 15.4. The second-order valence-corrected chi connectivity index (χ2v) is 7.93. The number of amides is 2. The fraction of sp³-hybridized carbons (Fsp3) is 0.500. The maximum atomic E-state index is 12.8. The first kappa shape index (κ1) is 18.1. The topological polar surface area (TPSA) is 48.4 Å². The van der Waals surface area contributed by atoms with Gasteiger partial charge in [0.15, 0.2) is 5.60 Å². The first-order valence-corrected chi connectivity index (χ1v) is 9.66. The summed E-state index contributed by atoms with van der Waals surface area (Å²) in [5, 5.41) is 4.84. The highest BCUT2D eigenvalue weighted by molar-refractivity contribution is 6.30. The maximum absolute atomic E-state index is 12.8. The number of halogens is 1. The van der Waals surface area contributed by atoms with Crippen LogP contribution in [0.1, 0.15) is 18.4 Å². The van der Waals surface area contributed by atoms with Gasteiger partial charge in [-0.3, -0.25) is 0 Å². The van der Waals surface area contributed by atoms with Crippen molar-refractivity contribution in [2.45, 2.75) is 18.4 Å². The Hall–Kier alpha value is -2.23. The third kappa shape index (κ3) is 4.05. The summed E-state index contributed by atoms with van der Waals surface area (Å²) in [6.07, 6.45) is 1.44. The van der Waals surface area contributed by atoms with E-state index in [0.29, 0.717) is 24.5 Å². The van der Waals surface area contributed by atoms with E-state index in [0.717, 1.165) is 43.9 Å². The Balaban J connectivity index is 1.35. The van der Waals surface area contributed by atoms with E-state index in [1.807, 2.05) is 34.1 Å². The molecule has 7 heteroatoms. The standard InChI is InChI=1S/C20H23ClN4O2/c1-23-9-11-24(12-10-23)19(26)25-8-7-20(15-25)14-18(22-27-20)6-5-16-3-2-4-17(21)13-16/h2-4,13H,7-12,14-15H2,1H3. The molecule has 0 bridgehead atoms. The number of urea groups is 1. The molecule has 3 heterocycles. The summed E-state index contributed by atoms with van der Waals surface area (Å²) in [6.45, 7) is 4.69.